The number of methoxy groups -OCH3 is 1. The number of nitrogens with zero attached hydrogens (tertiary/aromatic N) is 3. The first-order valence-electron chi connectivity index (χ1n) is 10.9. The van der Waals surface area contributed by atoms with Crippen LogP contribution in [0.2, 0.25) is 0 Å². The molecule has 1 aromatic heterocycles. The molecule has 2 aromatic carbocycles. The van der Waals surface area contributed by atoms with Gasteiger partial charge < -0.3 is 25.0 Å². The van der Waals surface area contributed by atoms with Crippen molar-refractivity contribution in [3.8, 4) is 17.4 Å². The van der Waals surface area contributed by atoms with E-state index in [1.807, 2.05) is 30.3 Å². The summed E-state index contributed by atoms with van der Waals surface area (Å²) in [4.78, 5) is 10.9. The van der Waals surface area contributed by atoms with Crippen LogP contribution in [0, 0.1) is 5.82 Å². The first-order valence-corrected chi connectivity index (χ1v) is 10.9. The lowest BCUT2D eigenvalue weighted by Gasteiger charge is -2.22. The third kappa shape index (κ3) is 6.72. The fraction of sp³-hybridized carbons (Fsp3) is 0.280. The first-order chi connectivity index (χ1) is 16.1. The van der Waals surface area contributed by atoms with Crippen molar-refractivity contribution < 1.29 is 13.9 Å². The van der Waals surface area contributed by atoms with Crippen LogP contribution in [0.15, 0.2) is 71.9 Å². The fourth-order valence-electron chi connectivity index (χ4n) is 3.80. The SMILES string of the molecule is CN=C(NCc1ccnc(Oc2ccc(F)cc2)c1)NC1CCN(c2ccccc2OC)C1.I. The molecule has 4 rings (SSSR count). The van der Waals surface area contributed by atoms with E-state index >= 15 is 0 Å². The Balaban J connectivity index is 0.00000324. The summed E-state index contributed by atoms with van der Waals surface area (Å²) in [6.45, 7) is 2.38. The summed E-state index contributed by atoms with van der Waals surface area (Å²) in [5.74, 6) is 2.30. The molecule has 2 N–H and O–H groups in total. The van der Waals surface area contributed by atoms with E-state index in [9.17, 15) is 4.39 Å². The number of aliphatic imine (C=N–C) groups is 1. The molecule has 1 aliphatic heterocycles. The number of ether oxygens (including phenoxy) is 2. The van der Waals surface area contributed by atoms with E-state index < -0.39 is 0 Å². The number of hydrogen-bond acceptors (Lipinski definition) is 5. The Morgan fingerprint density at radius 1 is 1.18 bits per heavy atom. The zero-order chi connectivity index (χ0) is 23.0. The molecule has 0 radical (unpaired) electrons. The molecular weight excluding hydrogens is 548 g/mol. The zero-order valence-corrected chi connectivity index (χ0v) is 21.5. The molecule has 1 saturated heterocycles. The molecule has 1 unspecified atom stereocenters. The highest BCUT2D eigenvalue weighted by molar-refractivity contribution is 14.0. The molecule has 7 nitrogen and oxygen atoms in total. The monoisotopic (exact) mass is 577 g/mol. The van der Waals surface area contributed by atoms with Gasteiger partial charge in [0, 0.05) is 45.0 Å². The molecule has 0 saturated carbocycles. The second-order valence-corrected chi connectivity index (χ2v) is 7.73. The van der Waals surface area contributed by atoms with Gasteiger partial charge in [0.2, 0.25) is 5.88 Å². The predicted molar refractivity (Wildman–Crippen MR) is 143 cm³/mol. The Labute approximate surface area is 216 Å². The number of hydrogen-bond donors (Lipinski definition) is 2. The first kappa shape index (κ1) is 25.5. The van der Waals surface area contributed by atoms with Crippen molar-refractivity contribution in [2.75, 3.05) is 32.1 Å². The standard InChI is InChI=1S/C25H28FN5O2.HI/c1-27-25(30-20-12-14-31(17-20)22-5-3-4-6-23(22)32-2)29-16-18-11-13-28-24(15-18)33-21-9-7-19(26)8-10-21;/h3-11,13,15,20H,12,14,16-17H2,1-2H3,(H2,27,29,30);1H. The normalized spacial score (nSPS) is 15.4. The van der Waals surface area contributed by atoms with Gasteiger partial charge in [-0.3, -0.25) is 4.99 Å². The van der Waals surface area contributed by atoms with Gasteiger partial charge in [-0.1, -0.05) is 12.1 Å². The number of para-hydroxylation sites is 2. The third-order valence-electron chi connectivity index (χ3n) is 5.47. The maximum atomic E-state index is 13.1. The second kappa shape index (κ2) is 12.4. The highest BCUT2D eigenvalue weighted by atomic mass is 127. The van der Waals surface area contributed by atoms with Crippen molar-refractivity contribution in [3.05, 3.63) is 78.2 Å². The molecule has 2 heterocycles. The largest absolute Gasteiger partial charge is 0.495 e. The molecular formula is C25H29FIN5O2. The number of nitrogens with one attached hydrogen (secondary N) is 2. The van der Waals surface area contributed by atoms with Crippen molar-refractivity contribution >= 4 is 35.6 Å². The van der Waals surface area contributed by atoms with E-state index in [4.69, 9.17) is 9.47 Å². The lowest BCUT2D eigenvalue weighted by atomic mass is 10.2. The maximum absolute atomic E-state index is 13.1. The molecule has 0 bridgehead atoms. The van der Waals surface area contributed by atoms with E-state index in [1.165, 1.54) is 12.1 Å². The summed E-state index contributed by atoms with van der Waals surface area (Å²) in [6.07, 6.45) is 2.69. The van der Waals surface area contributed by atoms with Crippen LogP contribution in [0.1, 0.15) is 12.0 Å². The number of benzene rings is 2. The second-order valence-electron chi connectivity index (χ2n) is 7.73. The van der Waals surface area contributed by atoms with Crippen molar-refractivity contribution in [2.45, 2.75) is 19.0 Å². The predicted octanol–water partition coefficient (Wildman–Crippen LogP) is 4.58. The Hall–Kier alpha value is -3.08. The van der Waals surface area contributed by atoms with Crippen LogP contribution >= 0.6 is 24.0 Å². The van der Waals surface area contributed by atoms with Crippen LogP contribution in [-0.4, -0.2) is 44.2 Å². The Kier molecular flexibility index (Phi) is 9.32. The van der Waals surface area contributed by atoms with Crippen molar-refractivity contribution in [1.82, 2.24) is 15.6 Å². The van der Waals surface area contributed by atoms with Gasteiger partial charge in [-0.05, 0) is 54.4 Å². The Morgan fingerprint density at radius 3 is 2.74 bits per heavy atom. The Bertz CT molecular complexity index is 1100. The lowest BCUT2D eigenvalue weighted by Crippen LogP contribution is -2.44. The van der Waals surface area contributed by atoms with Crippen LogP contribution in [0.4, 0.5) is 10.1 Å². The Morgan fingerprint density at radius 2 is 1.97 bits per heavy atom. The summed E-state index contributed by atoms with van der Waals surface area (Å²) in [5, 5.41) is 6.86. The van der Waals surface area contributed by atoms with Crippen LogP contribution in [-0.2, 0) is 6.54 Å². The average Bonchev–Trinajstić information content (AvgIpc) is 3.32. The smallest absolute Gasteiger partial charge is 0.219 e. The van der Waals surface area contributed by atoms with Crippen molar-refractivity contribution in [3.63, 3.8) is 0 Å². The minimum atomic E-state index is -0.305. The van der Waals surface area contributed by atoms with Crippen LogP contribution in [0.25, 0.3) is 0 Å². The van der Waals surface area contributed by atoms with Gasteiger partial charge in [-0.25, -0.2) is 9.37 Å². The van der Waals surface area contributed by atoms with Gasteiger partial charge >= 0.3 is 0 Å². The quantitative estimate of drug-likeness (QED) is 0.244. The highest BCUT2D eigenvalue weighted by Gasteiger charge is 2.25. The molecule has 1 aliphatic rings. The van der Waals surface area contributed by atoms with Gasteiger partial charge in [-0.15, -0.1) is 24.0 Å². The molecule has 180 valence electrons. The van der Waals surface area contributed by atoms with E-state index in [1.54, 1.807) is 32.5 Å². The van der Waals surface area contributed by atoms with E-state index in [-0.39, 0.29) is 35.8 Å². The summed E-state index contributed by atoms with van der Waals surface area (Å²) in [5.41, 5.74) is 2.10. The van der Waals surface area contributed by atoms with Gasteiger partial charge in [0.15, 0.2) is 5.96 Å². The summed E-state index contributed by atoms with van der Waals surface area (Å²) < 4.78 is 24.3. The number of rotatable bonds is 7. The summed E-state index contributed by atoms with van der Waals surface area (Å²) in [6, 6.07) is 18.0. The number of pyridine rings is 1. The zero-order valence-electron chi connectivity index (χ0n) is 19.2. The lowest BCUT2D eigenvalue weighted by molar-refractivity contribution is 0.415. The van der Waals surface area contributed by atoms with E-state index in [0.717, 1.165) is 42.5 Å². The number of anilines is 1. The molecule has 1 atom stereocenters. The molecule has 9 heteroatoms. The van der Waals surface area contributed by atoms with Crippen LogP contribution < -0.4 is 25.0 Å². The number of aromatic nitrogens is 1. The van der Waals surface area contributed by atoms with Crippen LogP contribution in [0.3, 0.4) is 0 Å². The highest BCUT2D eigenvalue weighted by Crippen LogP contribution is 2.30. The topological polar surface area (TPSA) is 71.0 Å². The third-order valence-corrected chi connectivity index (χ3v) is 5.47. The molecule has 3 aromatic rings. The molecule has 0 amide bonds. The van der Waals surface area contributed by atoms with E-state index in [0.29, 0.717) is 18.2 Å². The number of halogens is 2. The summed E-state index contributed by atoms with van der Waals surface area (Å²) >= 11 is 0. The van der Waals surface area contributed by atoms with Gasteiger partial charge in [-0.2, -0.15) is 0 Å². The summed E-state index contributed by atoms with van der Waals surface area (Å²) in [7, 11) is 3.46. The van der Waals surface area contributed by atoms with Gasteiger partial charge in [0.05, 0.1) is 12.8 Å². The average molecular weight is 577 g/mol. The van der Waals surface area contributed by atoms with Crippen LogP contribution in [0.5, 0.6) is 17.4 Å². The molecule has 34 heavy (non-hydrogen) atoms. The molecule has 0 aliphatic carbocycles. The van der Waals surface area contributed by atoms with Crippen molar-refractivity contribution in [2.24, 2.45) is 4.99 Å². The maximum Gasteiger partial charge on any atom is 0.219 e. The van der Waals surface area contributed by atoms with Gasteiger partial charge in [0.1, 0.15) is 17.3 Å². The number of guanidine groups is 1. The minimum Gasteiger partial charge on any atom is -0.495 e. The molecule has 0 spiro atoms. The van der Waals surface area contributed by atoms with Crippen molar-refractivity contribution in [1.29, 1.82) is 0 Å². The minimum absolute atomic E-state index is 0. The molecule has 1 fully saturated rings. The van der Waals surface area contributed by atoms with E-state index in [2.05, 4.69) is 31.6 Å². The fourth-order valence-corrected chi connectivity index (χ4v) is 3.80. The van der Waals surface area contributed by atoms with Gasteiger partial charge in [0.25, 0.3) is 0 Å².